The highest BCUT2D eigenvalue weighted by atomic mass is 79.9. The van der Waals surface area contributed by atoms with Crippen LogP contribution in [0.4, 0.5) is 5.69 Å². The van der Waals surface area contributed by atoms with E-state index in [0.717, 1.165) is 32.2 Å². The molecule has 160 valence electrons. The van der Waals surface area contributed by atoms with Gasteiger partial charge in [-0.1, -0.05) is 46.3 Å². The van der Waals surface area contributed by atoms with Crippen LogP contribution in [-0.2, 0) is 4.74 Å². The molecule has 1 N–H and O–H groups in total. The molecule has 0 atom stereocenters. The molecule has 0 radical (unpaired) electrons. The SMILES string of the molecule is CCOC(=O)c1ccc(NC(=O)c2c(C)c(-c3ccccc3)nc3ccc(Br)cc23)cc1. The fourth-order valence-electron chi connectivity index (χ4n) is 3.60. The summed E-state index contributed by atoms with van der Waals surface area (Å²) in [5.41, 5.74) is 4.83. The Morgan fingerprint density at radius 2 is 1.72 bits per heavy atom. The zero-order valence-electron chi connectivity index (χ0n) is 17.7. The predicted molar refractivity (Wildman–Crippen MR) is 130 cm³/mol. The minimum Gasteiger partial charge on any atom is -0.462 e. The Kier molecular flexibility index (Phi) is 6.32. The van der Waals surface area contributed by atoms with E-state index in [0.29, 0.717) is 23.4 Å². The van der Waals surface area contributed by atoms with Gasteiger partial charge in [-0.2, -0.15) is 0 Å². The number of nitrogens with zero attached hydrogens (tertiary/aromatic N) is 1. The van der Waals surface area contributed by atoms with Crippen molar-refractivity contribution in [3.8, 4) is 11.3 Å². The zero-order valence-corrected chi connectivity index (χ0v) is 19.3. The van der Waals surface area contributed by atoms with Crippen LogP contribution in [0.2, 0.25) is 0 Å². The molecule has 0 aliphatic heterocycles. The Bertz CT molecular complexity index is 1300. The van der Waals surface area contributed by atoms with Gasteiger partial charge in [-0.25, -0.2) is 9.78 Å². The number of fused-ring (bicyclic) bond motifs is 1. The average Bonchev–Trinajstić information content (AvgIpc) is 2.80. The molecule has 0 bridgehead atoms. The number of carbonyl (C=O) groups is 2. The molecular formula is C26H21BrN2O3. The maximum absolute atomic E-state index is 13.4. The molecule has 0 aliphatic rings. The molecule has 0 fully saturated rings. The summed E-state index contributed by atoms with van der Waals surface area (Å²) in [5.74, 6) is -0.632. The molecule has 0 saturated carbocycles. The van der Waals surface area contributed by atoms with Crippen LogP contribution >= 0.6 is 15.9 Å². The zero-order chi connectivity index (χ0) is 22.7. The number of aromatic nitrogens is 1. The van der Waals surface area contributed by atoms with Crippen LogP contribution in [0.1, 0.15) is 33.2 Å². The van der Waals surface area contributed by atoms with Gasteiger partial charge in [0.2, 0.25) is 0 Å². The maximum atomic E-state index is 13.4. The van der Waals surface area contributed by atoms with Crippen LogP contribution in [0.3, 0.4) is 0 Å². The molecule has 4 rings (SSSR count). The van der Waals surface area contributed by atoms with Crippen molar-refractivity contribution >= 4 is 44.4 Å². The van der Waals surface area contributed by atoms with Gasteiger partial charge in [0.05, 0.1) is 28.9 Å². The second-order valence-electron chi connectivity index (χ2n) is 7.24. The summed E-state index contributed by atoms with van der Waals surface area (Å²) in [5, 5.41) is 3.71. The van der Waals surface area contributed by atoms with Crippen LogP contribution in [0.15, 0.2) is 77.3 Å². The lowest BCUT2D eigenvalue weighted by molar-refractivity contribution is 0.0526. The summed E-state index contributed by atoms with van der Waals surface area (Å²) in [7, 11) is 0. The number of carbonyl (C=O) groups excluding carboxylic acids is 2. The van der Waals surface area contributed by atoms with Crippen molar-refractivity contribution in [2.45, 2.75) is 13.8 Å². The fraction of sp³-hybridized carbons (Fsp3) is 0.115. The Hall–Kier alpha value is -3.51. The summed E-state index contributed by atoms with van der Waals surface area (Å²) < 4.78 is 5.88. The molecule has 32 heavy (non-hydrogen) atoms. The van der Waals surface area contributed by atoms with Crippen LogP contribution < -0.4 is 5.32 Å². The van der Waals surface area contributed by atoms with Crippen molar-refractivity contribution < 1.29 is 14.3 Å². The molecular weight excluding hydrogens is 468 g/mol. The van der Waals surface area contributed by atoms with Crippen LogP contribution in [0, 0.1) is 6.92 Å². The first-order chi connectivity index (χ1) is 15.5. The number of ether oxygens (including phenoxy) is 1. The quantitative estimate of drug-likeness (QED) is 0.330. The number of hydrogen-bond donors (Lipinski definition) is 1. The van der Waals surface area contributed by atoms with Gasteiger partial charge in [0.1, 0.15) is 0 Å². The summed E-state index contributed by atoms with van der Waals surface area (Å²) >= 11 is 3.50. The molecule has 0 aliphatic carbocycles. The van der Waals surface area contributed by atoms with E-state index in [4.69, 9.17) is 9.72 Å². The van der Waals surface area contributed by atoms with Crippen molar-refractivity contribution in [2.75, 3.05) is 11.9 Å². The van der Waals surface area contributed by atoms with Crippen molar-refractivity contribution in [3.63, 3.8) is 0 Å². The number of esters is 1. The normalized spacial score (nSPS) is 10.7. The molecule has 1 aromatic heterocycles. The molecule has 1 heterocycles. The van der Waals surface area contributed by atoms with E-state index in [9.17, 15) is 9.59 Å². The molecule has 0 spiro atoms. The number of nitrogens with one attached hydrogen (secondary N) is 1. The third-order valence-corrected chi connectivity index (χ3v) is 5.61. The van der Waals surface area contributed by atoms with E-state index in [1.54, 1.807) is 31.2 Å². The second-order valence-corrected chi connectivity index (χ2v) is 8.16. The van der Waals surface area contributed by atoms with Gasteiger partial charge in [0.25, 0.3) is 5.91 Å². The lowest BCUT2D eigenvalue weighted by Gasteiger charge is -2.15. The van der Waals surface area contributed by atoms with Crippen LogP contribution in [0.5, 0.6) is 0 Å². The summed E-state index contributed by atoms with van der Waals surface area (Å²) in [6.07, 6.45) is 0. The number of halogens is 1. The number of hydrogen-bond acceptors (Lipinski definition) is 4. The Morgan fingerprint density at radius 1 is 1.00 bits per heavy atom. The fourth-order valence-corrected chi connectivity index (χ4v) is 3.96. The van der Waals surface area contributed by atoms with E-state index in [2.05, 4.69) is 21.2 Å². The van der Waals surface area contributed by atoms with Gasteiger partial charge in [-0.3, -0.25) is 4.79 Å². The number of rotatable bonds is 5. The van der Waals surface area contributed by atoms with E-state index in [-0.39, 0.29) is 5.91 Å². The maximum Gasteiger partial charge on any atom is 0.338 e. The van der Waals surface area contributed by atoms with Gasteiger partial charge in [-0.05, 0) is 61.9 Å². The smallest absolute Gasteiger partial charge is 0.338 e. The Labute approximate surface area is 194 Å². The van der Waals surface area contributed by atoms with Crippen LogP contribution in [-0.4, -0.2) is 23.5 Å². The van der Waals surface area contributed by atoms with Crippen molar-refractivity contribution in [1.29, 1.82) is 0 Å². The standard InChI is InChI=1S/C26H21BrN2O3/c1-3-32-26(31)18-9-12-20(13-10-18)28-25(30)23-16(2)24(17-7-5-4-6-8-17)29-22-14-11-19(27)15-21(22)23/h4-15H,3H2,1-2H3,(H,28,30). The summed E-state index contributed by atoms with van der Waals surface area (Å²) in [4.78, 5) is 30.1. The molecule has 4 aromatic rings. The lowest BCUT2D eigenvalue weighted by atomic mass is 9.97. The first kappa shape index (κ1) is 21.7. The summed E-state index contributed by atoms with van der Waals surface area (Å²) in [6.45, 7) is 3.98. The average molecular weight is 489 g/mol. The number of amides is 1. The molecule has 0 unspecified atom stereocenters. The first-order valence-electron chi connectivity index (χ1n) is 10.2. The highest BCUT2D eigenvalue weighted by molar-refractivity contribution is 9.10. The molecule has 3 aromatic carbocycles. The largest absolute Gasteiger partial charge is 0.462 e. The highest BCUT2D eigenvalue weighted by Gasteiger charge is 2.19. The first-order valence-corrected chi connectivity index (χ1v) is 11.0. The second kappa shape index (κ2) is 9.32. The topological polar surface area (TPSA) is 68.3 Å². The van der Waals surface area contributed by atoms with E-state index in [1.165, 1.54) is 0 Å². The molecule has 1 amide bonds. The van der Waals surface area contributed by atoms with E-state index in [1.807, 2.05) is 55.5 Å². The van der Waals surface area contributed by atoms with E-state index >= 15 is 0 Å². The summed E-state index contributed by atoms with van der Waals surface area (Å²) in [6, 6.07) is 22.2. The number of anilines is 1. The number of pyridine rings is 1. The monoisotopic (exact) mass is 488 g/mol. The third kappa shape index (κ3) is 4.41. The van der Waals surface area contributed by atoms with Gasteiger partial charge in [-0.15, -0.1) is 0 Å². The Balaban J connectivity index is 1.75. The van der Waals surface area contributed by atoms with Gasteiger partial charge in [0.15, 0.2) is 0 Å². The molecule has 0 saturated heterocycles. The predicted octanol–water partition coefficient (Wildman–Crippen LogP) is 6.40. The minimum absolute atomic E-state index is 0.242. The van der Waals surface area contributed by atoms with E-state index < -0.39 is 5.97 Å². The lowest BCUT2D eigenvalue weighted by Crippen LogP contribution is -2.15. The molecule has 5 nitrogen and oxygen atoms in total. The van der Waals surface area contributed by atoms with Crippen molar-refractivity contribution in [3.05, 3.63) is 94.0 Å². The molecule has 6 heteroatoms. The van der Waals surface area contributed by atoms with Gasteiger partial charge < -0.3 is 10.1 Å². The number of benzene rings is 3. The highest BCUT2D eigenvalue weighted by Crippen LogP contribution is 2.31. The Morgan fingerprint density at radius 3 is 2.41 bits per heavy atom. The van der Waals surface area contributed by atoms with Crippen molar-refractivity contribution in [1.82, 2.24) is 4.98 Å². The van der Waals surface area contributed by atoms with Gasteiger partial charge in [0, 0.05) is 21.1 Å². The van der Waals surface area contributed by atoms with Gasteiger partial charge >= 0.3 is 5.97 Å². The van der Waals surface area contributed by atoms with Crippen LogP contribution in [0.25, 0.3) is 22.2 Å². The third-order valence-electron chi connectivity index (χ3n) is 5.12. The minimum atomic E-state index is -0.390. The van der Waals surface area contributed by atoms with Crippen molar-refractivity contribution in [2.24, 2.45) is 0 Å².